The summed E-state index contributed by atoms with van der Waals surface area (Å²) in [7, 11) is 0. The highest BCUT2D eigenvalue weighted by Crippen LogP contribution is 2.40. The Kier molecular flexibility index (Phi) is 2.87. The molecule has 0 amide bonds. The van der Waals surface area contributed by atoms with Crippen LogP contribution in [0.1, 0.15) is 5.76 Å². The lowest BCUT2D eigenvalue weighted by molar-refractivity contribution is -0.152. The van der Waals surface area contributed by atoms with E-state index in [0.717, 1.165) is 24.5 Å². The summed E-state index contributed by atoms with van der Waals surface area (Å²) in [4.78, 5) is 12.4. The normalized spacial score (nSPS) is 12.0. The predicted molar refractivity (Wildman–Crippen MR) is 68.4 cm³/mol. The SMILES string of the molecule is O=c1c(-c2cn[nH]c2)c(C(F)(F)F)oc2c(O)c(O)ccc12. The number of nitrogens with one attached hydrogen (secondary N) is 1. The van der Waals surface area contributed by atoms with Crippen molar-refractivity contribution in [2.45, 2.75) is 6.18 Å². The van der Waals surface area contributed by atoms with Crippen LogP contribution in [-0.2, 0) is 6.18 Å². The maximum Gasteiger partial charge on any atom is 0.450 e. The Morgan fingerprint density at radius 1 is 1.23 bits per heavy atom. The number of rotatable bonds is 1. The van der Waals surface area contributed by atoms with Gasteiger partial charge in [0.25, 0.3) is 0 Å². The molecule has 0 atom stereocenters. The van der Waals surface area contributed by atoms with Crippen molar-refractivity contribution in [2.24, 2.45) is 0 Å². The van der Waals surface area contributed by atoms with Crippen molar-refractivity contribution in [3.63, 3.8) is 0 Å². The van der Waals surface area contributed by atoms with Crippen LogP contribution >= 0.6 is 0 Å². The Balaban J connectivity index is 2.52. The van der Waals surface area contributed by atoms with Crippen molar-refractivity contribution >= 4 is 11.0 Å². The van der Waals surface area contributed by atoms with Gasteiger partial charge in [-0.25, -0.2) is 0 Å². The van der Waals surface area contributed by atoms with Crippen LogP contribution in [0.15, 0.2) is 33.7 Å². The van der Waals surface area contributed by atoms with Crippen molar-refractivity contribution in [1.29, 1.82) is 0 Å². The number of halogens is 3. The molecule has 2 heterocycles. The van der Waals surface area contributed by atoms with Gasteiger partial charge in [-0.3, -0.25) is 9.89 Å². The molecule has 0 bridgehead atoms. The zero-order chi connectivity index (χ0) is 16.1. The largest absolute Gasteiger partial charge is 0.504 e. The standard InChI is InChI=1S/C13H7F3N2O4/c14-13(15,16)12-8(5-3-17-18-4-5)9(20)6-1-2-7(19)10(21)11(6)22-12/h1-4,19,21H,(H,17,18). The molecule has 9 heteroatoms. The van der Waals surface area contributed by atoms with Gasteiger partial charge in [-0.15, -0.1) is 0 Å². The van der Waals surface area contributed by atoms with Gasteiger partial charge in [0.1, 0.15) is 0 Å². The Hall–Kier alpha value is -2.97. The highest BCUT2D eigenvalue weighted by molar-refractivity contribution is 5.88. The van der Waals surface area contributed by atoms with Crippen LogP contribution in [0.3, 0.4) is 0 Å². The van der Waals surface area contributed by atoms with E-state index in [1.807, 2.05) is 0 Å². The number of aromatic hydroxyl groups is 2. The van der Waals surface area contributed by atoms with Crippen LogP contribution in [0, 0.1) is 0 Å². The van der Waals surface area contributed by atoms with Gasteiger partial charge >= 0.3 is 6.18 Å². The molecule has 22 heavy (non-hydrogen) atoms. The van der Waals surface area contributed by atoms with Crippen molar-refractivity contribution in [2.75, 3.05) is 0 Å². The maximum atomic E-state index is 13.2. The van der Waals surface area contributed by atoms with E-state index in [2.05, 4.69) is 10.2 Å². The first-order chi connectivity index (χ1) is 10.3. The lowest BCUT2D eigenvalue weighted by Crippen LogP contribution is -2.15. The van der Waals surface area contributed by atoms with Crippen LogP contribution in [0.4, 0.5) is 13.2 Å². The minimum Gasteiger partial charge on any atom is -0.504 e. The summed E-state index contributed by atoms with van der Waals surface area (Å²) >= 11 is 0. The molecule has 3 aromatic rings. The van der Waals surface area contributed by atoms with Crippen LogP contribution in [0.2, 0.25) is 0 Å². The Morgan fingerprint density at radius 3 is 2.55 bits per heavy atom. The Bertz CT molecular complexity index is 914. The topological polar surface area (TPSA) is 99.4 Å². The molecule has 0 aliphatic heterocycles. The summed E-state index contributed by atoms with van der Waals surface area (Å²) in [5.41, 5.74) is -2.55. The Labute approximate surface area is 119 Å². The molecule has 0 radical (unpaired) electrons. The summed E-state index contributed by atoms with van der Waals surface area (Å²) in [6.45, 7) is 0. The fourth-order valence-corrected chi connectivity index (χ4v) is 2.08. The van der Waals surface area contributed by atoms with Gasteiger partial charge in [0.05, 0.1) is 17.1 Å². The third-order valence-corrected chi connectivity index (χ3v) is 3.06. The average Bonchev–Trinajstić information content (AvgIpc) is 2.95. The zero-order valence-electron chi connectivity index (χ0n) is 10.6. The second kappa shape index (κ2) is 4.52. The predicted octanol–water partition coefficient (Wildman–Crippen LogP) is 2.61. The van der Waals surface area contributed by atoms with Gasteiger partial charge in [-0.05, 0) is 12.1 Å². The highest BCUT2D eigenvalue weighted by Gasteiger charge is 2.40. The zero-order valence-corrected chi connectivity index (χ0v) is 10.6. The fourth-order valence-electron chi connectivity index (χ4n) is 2.08. The average molecular weight is 312 g/mol. The van der Waals surface area contributed by atoms with Gasteiger partial charge in [0.2, 0.25) is 16.9 Å². The minimum absolute atomic E-state index is 0.101. The first-order valence-electron chi connectivity index (χ1n) is 5.89. The van der Waals surface area contributed by atoms with Crippen molar-refractivity contribution in [1.82, 2.24) is 10.2 Å². The molecule has 0 saturated heterocycles. The quantitative estimate of drug-likeness (QED) is 0.600. The molecular weight excluding hydrogens is 305 g/mol. The second-order valence-corrected chi connectivity index (χ2v) is 4.43. The van der Waals surface area contributed by atoms with E-state index in [0.29, 0.717) is 0 Å². The van der Waals surface area contributed by atoms with E-state index in [1.54, 1.807) is 0 Å². The molecule has 0 unspecified atom stereocenters. The molecule has 3 rings (SSSR count). The number of nitrogens with zero attached hydrogens (tertiary/aromatic N) is 1. The number of phenols is 2. The number of fused-ring (bicyclic) bond motifs is 1. The van der Waals surface area contributed by atoms with E-state index in [9.17, 15) is 28.2 Å². The van der Waals surface area contributed by atoms with Gasteiger partial charge in [0, 0.05) is 11.8 Å². The number of hydrogen-bond donors (Lipinski definition) is 3. The smallest absolute Gasteiger partial charge is 0.450 e. The van der Waals surface area contributed by atoms with Gasteiger partial charge in [-0.2, -0.15) is 18.3 Å². The molecule has 0 aliphatic rings. The lowest BCUT2D eigenvalue weighted by Gasteiger charge is -2.12. The fraction of sp³-hybridized carbons (Fsp3) is 0.0769. The van der Waals surface area contributed by atoms with Crippen LogP contribution in [-0.4, -0.2) is 20.4 Å². The summed E-state index contributed by atoms with van der Waals surface area (Å²) in [5.74, 6) is -3.20. The number of aromatic amines is 1. The number of H-pyrrole nitrogens is 1. The molecule has 2 aromatic heterocycles. The number of alkyl halides is 3. The molecule has 6 nitrogen and oxygen atoms in total. The molecule has 0 aliphatic carbocycles. The van der Waals surface area contributed by atoms with E-state index in [-0.39, 0.29) is 10.9 Å². The van der Waals surface area contributed by atoms with Crippen LogP contribution < -0.4 is 5.43 Å². The number of phenolic OH excluding ortho intramolecular Hbond substituents is 2. The first kappa shape index (κ1) is 14.0. The maximum absolute atomic E-state index is 13.2. The summed E-state index contributed by atoms with van der Waals surface area (Å²) in [6.07, 6.45) is -2.81. The number of hydrogen-bond acceptors (Lipinski definition) is 5. The molecular formula is C13H7F3N2O4. The summed E-state index contributed by atoms with van der Waals surface area (Å²) in [5, 5.41) is 24.5. The molecule has 0 spiro atoms. The van der Waals surface area contributed by atoms with E-state index >= 15 is 0 Å². The highest BCUT2D eigenvalue weighted by atomic mass is 19.4. The second-order valence-electron chi connectivity index (χ2n) is 4.43. The van der Waals surface area contributed by atoms with Gasteiger partial charge in [-0.1, -0.05) is 0 Å². The molecule has 3 N–H and O–H groups in total. The van der Waals surface area contributed by atoms with Gasteiger partial charge < -0.3 is 14.6 Å². The van der Waals surface area contributed by atoms with E-state index in [4.69, 9.17) is 4.42 Å². The Morgan fingerprint density at radius 2 is 1.95 bits per heavy atom. The summed E-state index contributed by atoms with van der Waals surface area (Å²) in [6, 6.07) is 2.06. The van der Waals surface area contributed by atoms with Crippen molar-refractivity contribution in [3.8, 4) is 22.6 Å². The first-order valence-corrected chi connectivity index (χ1v) is 5.89. The van der Waals surface area contributed by atoms with Crippen molar-refractivity contribution < 1.29 is 27.8 Å². The van der Waals surface area contributed by atoms with Crippen molar-refractivity contribution in [3.05, 3.63) is 40.5 Å². The molecule has 0 saturated carbocycles. The number of aromatic nitrogens is 2. The molecule has 1 aromatic carbocycles. The summed E-state index contributed by atoms with van der Waals surface area (Å²) < 4.78 is 44.2. The third kappa shape index (κ3) is 1.98. The monoisotopic (exact) mass is 312 g/mol. The molecule has 0 fully saturated rings. The van der Waals surface area contributed by atoms with Crippen LogP contribution in [0.5, 0.6) is 11.5 Å². The minimum atomic E-state index is -4.97. The third-order valence-electron chi connectivity index (χ3n) is 3.06. The molecule has 114 valence electrons. The number of benzene rings is 1. The lowest BCUT2D eigenvalue weighted by atomic mass is 10.0. The van der Waals surface area contributed by atoms with E-state index < -0.39 is 40.0 Å². The van der Waals surface area contributed by atoms with E-state index in [1.165, 1.54) is 0 Å². The van der Waals surface area contributed by atoms with Crippen LogP contribution in [0.25, 0.3) is 22.1 Å². The van der Waals surface area contributed by atoms with Gasteiger partial charge in [0.15, 0.2) is 11.3 Å².